The Hall–Kier alpha value is -4.25. The number of hydrogen-bond donors (Lipinski definition) is 1. The molecule has 1 amide bonds. The van der Waals surface area contributed by atoms with Crippen molar-refractivity contribution in [1.29, 1.82) is 0 Å². The second kappa shape index (κ2) is 8.16. The van der Waals surface area contributed by atoms with E-state index in [1.54, 1.807) is 48.1 Å². The Labute approximate surface area is 205 Å². The Morgan fingerprint density at radius 2 is 1.78 bits per heavy atom. The summed E-state index contributed by atoms with van der Waals surface area (Å²) in [5.74, 6) is -0.632. The lowest BCUT2D eigenvalue weighted by molar-refractivity contribution is -0.157. The Kier molecular flexibility index (Phi) is 5.04. The number of aliphatic carboxylic acids is 1. The molecule has 0 unspecified atom stereocenters. The Morgan fingerprint density at radius 1 is 1.11 bits per heavy atom. The second-order valence-corrected chi connectivity index (χ2v) is 8.97. The molecule has 3 aliphatic heterocycles. The van der Waals surface area contributed by atoms with Gasteiger partial charge in [0.2, 0.25) is 0 Å². The molecular formula is C25H23N5O6. The van der Waals surface area contributed by atoms with E-state index < -0.39 is 29.4 Å². The number of aromatic nitrogens is 4. The first kappa shape index (κ1) is 22.2. The normalized spacial score (nSPS) is 25.0. The van der Waals surface area contributed by atoms with E-state index in [4.69, 9.17) is 14.2 Å². The predicted molar refractivity (Wildman–Crippen MR) is 124 cm³/mol. The minimum Gasteiger partial charge on any atom is -0.497 e. The standard InChI is InChI=1S/C25H23N5O6/c1-34-17-7-3-14(4-8-17)21(22-26-27-28-30(22)16-5-9-18(35-2)10-6-16)29-13-15-11-19-12-20(23(31)32)25(15,36-19)24(29)33/h3-11,19-21H,12-13H2,1-2H3,(H,31,32)/t19-,20+,21-,25+/m0/s1. The summed E-state index contributed by atoms with van der Waals surface area (Å²) in [6, 6.07) is 13.8. The summed E-state index contributed by atoms with van der Waals surface area (Å²) < 4.78 is 18.2. The number of fused-ring (bicyclic) bond motifs is 1. The van der Waals surface area contributed by atoms with Gasteiger partial charge in [-0.05, 0) is 64.4 Å². The molecule has 2 fully saturated rings. The molecule has 0 saturated carbocycles. The number of carbonyl (C=O) groups excluding carboxylic acids is 1. The van der Waals surface area contributed by atoms with Crippen LogP contribution in [-0.4, -0.2) is 74.6 Å². The maximum absolute atomic E-state index is 14.0. The largest absolute Gasteiger partial charge is 0.497 e. The first-order chi connectivity index (χ1) is 17.5. The lowest BCUT2D eigenvalue weighted by Gasteiger charge is -2.30. The highest BCUT2D eigenvalue weighted by atomic mass is 16.5. The molecule has 6 rings (SSSR count). The van der Waals surface area contributed by atoms with Crippen molar-refractivity contribution in [1.82, 2.24) is 25.1 Å². The Bertz CT molecular complexity index is 1370. The molecule has 3 aromatic rings. The van der Waals surface area contributed by atoms with Crippen LogP contribution in [0.3, 0.4) is 0 Å². The van der Waals surface area contributed by atoms with Crippen LogP contribution >= 0.6 is 0 Å². The van der Waals surface area contributed by atoms with Gasteiger partial charge in [0.25, 0.3) is 5.91 Å². The second-order valence-electron chi connectivity index (χ2n) is 8.97. The smallest absolute Gasteiger partial charge is 0.310 e. The quantitative estimate of drug-likeness (QED) is 0.494. The van der Waals surface area contributed by atoms with Crippen molar-refractivity contribution < 1.29 is 28.9 Å². The fourth-order valence-corrected chi connectivity index (χ4v) is 5.50. The number of hydrogen-bond acceptors (Lipinski definition) is 8. The number of carbonyl (C=O) groups is 2. The number of carboxylic acid groups (broad SMARTS) is 1. The molecule has 1 spiro atoms. The molecule has 1 N–H and O–H groups in total. The molecule has 11 heteroatoms. The first-order valence-corrected chi connectivity index (χ1v) is 11.5. The van der Waals surface area contributed by atoms with Gasteiger partial charge in [-0.1, -0.05) is 18.2 Å². The van der Waals surface area contributed by atoms with Crippen LogP contribution in [0.1, 0.15) is 23.9 Å². The van der Waals surface area contributed by atoms with Crippen LogP contribution in [0, 0.1) is 5.92 Å². The van der Waals surface area contributed by atoms with Crippen LogP contribution in [0.2, 0.25) is 0 Å². The molecule has 11 nitrogen and oxygen atoms in total. The lowest BCUT2D eigenvalue weighted by Crippen LogP contribution is -2.48. The monoisotopic (exact) mass is 489 g/mol. The molecule has 36 heavy (non-hydrogen) atoms. The highest BCUT2D eigenvalue weighted by Crippen LogP contribution is 2.54. The van der Waals surface area contributed by atoms with Crippen LogP contribution in [0.15, 0.2) is 60.2 Å². The number of ether oxygens (including phenoxy) is 3. The lowest BCUT2D eigenvalue weighted by atomic mass is 9.78. The topological polar surface area (TPSA) is 129 Å². The van der Waals surface area contributed by atoms with Gasteiger partial charge in [0.15, 0.2) is 11.4 Å². The summed E-state index contributed by atoms with van der Waals surface area (Å²) in [4.78, 5) is 27.7. The van der Waals surface area contributed by atoms with Crippen LogP contribution in [0.25, 0.3) is 5.69 Å². The van der Waals surface area contributed by atoms with Gasteiger partial charge in [0.1, 0.15) is 23.5 Å². The van der Waals surface area contributed by atoms with E-state index in [-0.39, 0.29) is 19.1 Å². The van der Waals surface area contributed by atoms with Crippen molar-refractivity contribution in [3.63, 3.8) is 0 Å². The summed E-state index contributed by atoms with van der Waals surface area (Å²) in [5.41, 5.74) is 0.615. The van der Waals surface area contributed by atoms with Gasteiger partial charge in [-0.2, -0.15) is 4.68 Å². The number of carboxylic acids is 1. The van der Waals surface area contributed by atoms with Gasteiger partial charge < -0.3 is 24.2 Å². The average Bonchev–Trinajstić information content (AvgIpc) is 3.67. The third kappa shape index (κ3) is 3.12. The van der Waals surface area contributed by atoms with Crippen LogP contribution in [0.4, 0.5) is 0 Å². The van der Waals surface area contributed by atoms with Crippen molar-refractivity contribution in [3.05, 3.63) is 71.6 Å². The summed E-state index contributed by atoms with van der Waals surface area (Å²) >= 11 is 0. The average molecular weight is 489 g/mol. The van der Waals surface area contributed by atoms with Crippen LogP contribution in [-0.2, 0) is 14.3 Å². The van der Waals surface area contributed by atoms with Crippen LogP contribution in [0.5, 0.6) is 11.5 Å². The third-order valence-electron chi connectivity index (χ3n) is 7.18. The minimum atomic E-state index is -1.49. The first-order valence-electron chi connectivity index (χ1n) is 11.5. The zero-order valence-electron chi connectivity index (χ0n) is 19.6. The number of nitrogens with zero attached hydrogens (tertiary/aromatic N) is 5. The van der Waals surface area contributed by atoms with Crippen molar-refractivity contribution >= 4 is 11.9 Å². The molecule has 2 saturated heterocycles. The molecule has 2 aromatic carbocycles. The predicted octanol–water partition coefficient (Wildman–Crippen LogP) is 1.78. The molecule has 3 aliphatic rings. The van der Waals surface area contributed by atoms with E-state index in [1.165, 1.54) is 0 Å². The van der Waals surface area contributed by atoms with Crippen molar-refractivity contribution in [3.8, 4) is 17.2 Å². The fraction of sp³-hybridized carbons (Fsp3) is 0.320. The Morgan fingerprint density at radius 3 is 2.42 bits per heavy atom. The zero-order valence-corrected chi connectivity index (χ0v) is 19.6. The van der Waals surface area contributed by atoms with Gasteiger partial charge in [-0.15, -0.1) is 5.10 Å². The minimum absolute atomic E-state index is 0.214. The highest BCUT2D eigenvalue weighted by Gasteiger charge is 2.68. The molecule has 0 radical (unpaired) electrons. The number of rotatable bonds is 7. The van der Waals surface area contributed by atoms with Gasteiger partial charge >= 0.3 is 5.97 Å². The zero-order chi connectivity index (χ0) is 25.0. The van der Waals surface area contributed by atoms with E-state index in [0.29, 0.717) is 28.6 Å². The number of methoxy groups -OCH3 is 2. The number of amides is 1. The summed E-state index contributed by atoms with van der Waals surface area (Å²) in [6.45, 7) is 0.214. The maximum Gasteiger partial charge on any atom is 0.310 e. The fourth-order valence-electron chi connectivity index (χ4n) is 5.50. The van der Waals surface area contributed by atoms with E-state index >= 15 is 0 Å². The highest BCUT2D eigenvalue weighted by molar-refractivity contribution is 5.99. The van der Waals surface area contributed by atoms with Gasteiger partial charge in [0.05, 0.1) is 26.0 Å². The molecule has 2 bridgehead atoms. The van der Waals surface area contributed by atoms with E-state index in [0.717, 1.165) is 5.56 Å². The molecule has 4 heterocycles. The molecule has 1 aromatic heterocycles. The molecule has 4 atom stereocenters. The van der Waals surface area contributed by atoms with Crippen molar-refractivity contribution in [2.24, 2.45) is 5.92 Å². The molecule has 0 aliphatic carbocycles. The third-order valence-corrected chi connectivity index (χ3v) is 7.18. The van der Waals surface area contributed by atoms with Crippen molar-refractivity contribution in [2.45, 2.75) is 24.2 Å². The van der Waals surface area contributed by atoms with Gasteiger partial charge in [-0.25, -0.2) is 0 Å². The van der Waals surface area contributed by atoms with E-state index in [1.807, 2.05) is 30.3 Å². The number of tetrazole rings is 1. The molecule has 184 valence electrons. The number of likely N-dealkylation sites (tertiary alicyclic amines) is 1. The number of benzene rings is 2. The molecular weight excluding hydrogens is 466 g/mol. The summed E-state index contributed by atoms with van der Waals surface area (Å²) in [6.07, 6.45) is 1.79. The van der Waals surface area contributed by atoms with Gasteiger partial charge in [-0.3, -0.25) is 9.59 Å². The SMILES string of the molecule is COc1ccc([C@@H](c2nnnn2-c2ccc(OC)cc2)N2CC3=C[C@H]4C[C@H](C(=O)O)[C@@]3(O4)C2=O)cc1. The summed E-state index contributed by atoms with van der Waals surface area (Å²) in [7, 11) is 3.16. The van der Waals surface area contributed by atoms with Gasteiger partial charge in [0, 0.05) is 6.54 Å². The van der Waals surface area contributed by atoms with E-state index in [2.05, 4.69) is 15.5 Å². The van der Waals surface area contributed by atoms with Crippen LogP contribution < -0.4 is 9.47 Å². The Balaban J connectivity index is 1.47. The summed E-state index contributed by atoms with van der Waals surface area (Å²) in [5, 5.41) is 22.3. The maximum atomic E-state index is 14.0. The van der Waals surface area contributed by atoms with Crippen molar-refractivity contribution in [2.75, 3.05) is 20.8 Å². The van der Waals surface area contributed by atoms with E-state index in [9.17, 15) is 14.7 Å².